The third kappa shape index (κ3) is 4.28. The van der Waals surface area contributed by atoms with E-state index in [2.05, 4.69) is 0 Å². The Morgan fingerprint density at radius 2 is 2.00 bits per heavy atom. The molecule has 3 N–H and O–H groups in total. The van der Waals surface area contributed by atoms with E-state index in [1.165, 1.54) is 6.42 Å². The van der Waals surface area contributed by atoms with Crippen LogP contribution in [0.5, 0.6) is 0 Å². The van der Waals surface area contributed by atoms with Crippen LogP contribution in [0.15, 0.2) is 0 Å². The lowest BCUT2D eigenvalue weighted by Crippen LogP contribution is -2.45. The maximum absolute atomic E-state index is 12.3. The van der Waals surface area contributed by atoms with Crippen LogP contribution in [-0.4, -0.2) is 41.7 Å². The molecule has 0 radical (unpaired) electrons. The van der Waals surface area contributed by atoms with Crippen LogP contribution < -0.4 is 5.73 Å². The fourth-order valence-corrected chi connectivity index (χ4v) is 2.76. The van der Waals surface area contributed by atoms with Gasteiger partial charge in [0.15, 0.2) is 0 Å². The second kappa shape index (κ2) is 5.83. The lowest BCUT2D eigenvalue weighted by molar-refractivity contribution is -0.139. The van der Waals surface area contributed by atoms with Gasteiger partial charge in [0.2, 0.25) is 5.91 Å². The van der Waals surface area contributed by atoms with Crippen molar-refractivity contribution < 1.29 is 9.90 Å². The normalized spacial score (nSPS) is 25.7. The minimum atomic E-state index is -0.836. The highest BCUT2D eigenvalue weighted by molar-refractivity contribution is 5.79. The number of nitrogens with zero attached hydrogens (tertiary/aromatic N) is 1. The van der Waals surface area contributed by atoms with Crippen molar-refractivity contribution in [1.29, 1.82) is 0 Å². The van der Waals surface area contributed by atoms with Crippen LogP contribution in [0.3, 0.4) is 0 Å². The van der Waals surface area contributed by atoms with Gasteiger partial charge in [-0.25, -0.2) is 0 Å². The van der Waals surface area contributed by atoms with Gasteiger partial charge < -0.3 is 15.7 Å². The van der Waals surface area contributed by atoms with E-state index in [9.17, 15) is 9.90 Å². The lowest BCUT2D eigenvalue weighted by atomic mass is 9.78. The summed E-state index contributed by atoms with van der Waals surface area (Å²) < 4.78 is 0. The summed E-state index contributed by atoms with van der Waals surface area (Å²) >= 11 is 0. The first-order valence-corrected chi connectivity index (χ1v) is 6.52. The van der Waals surface area contributed by atoms with Crippen molar-refractivity contribution >= 4 is 5.91 Å². The molecule has 17 heavy (non-hydrogen) atoms. The second-order valence-electron chi connectivity index (χ2n) is 5.89. The molecule has 1 saturated carbocycles. The number of amides is 1. The molecule has 100 valence electrons. The zero-order valence-electron chi connectivity index (χ0n) is 11.3. The molecule has 0 bridgehead atoms. The van der Waals surface area contributed by atoms with Gasteiger partial charge in [-0.15, -0.1) is 0 Å². The van der Waals surface area contributed by atoms with Gasteiger partial charge in [0.1, 0.15) is 0 Å². The molecule has 0 spiro atoms. The second-order valence-corrected chi connectivity index (χ2v) is 5.89. The van der Waals surface area contributed by atoms with Crippen molar-refractivity contribution in [3.8, 4) is 0 Å². The van der Waals surface area contributed by atoms with Crippen molar-refractivity contribution in [3.63, 3.8) is 0 Å². The van der Waals surface area contributed by atoms with Crippen molar-refractivity contribution in [2.75, 3.05) is 20.1 Å². The molecule has 0 aromatic heterocycles. The number of aliphatic hydroxyl groups is 1. The zero-order valence-corrected chi connectivity index (χ0v) is 11.3. The molecule has 1 fully saturated rings. The number of nitrogens with two attached hydrogens (primary N) is 1. The largest absolute Gasteiger partial charge is 0.389 e. The summed E-state index contributed by atoms with van der Waals surface area (Å²) in [5.74, 6) is 0.517. The van der Waals surface area contributed by atoms with E-state index in [0.717, 1.165) is 19.3 Å². The molecule has 1 aliphatic rings. The smallest absolute Gasteiger partial charge is 0.225 e. The van der Waals surface area contributed by atoms with Gasteiger partial charge in [-0.3, -0.25) is 4.79 Å². The monoisotopic (exact) mass is 242 g/mol. The van der Waals surface area contributed by atoms with Crippen molar-refractivity contribution in [3.05, 3.63) is 0 Å². The van der Waals surface area contributed by atoms with E-state index in [0.29, 0.717) is 19.0 Å². The molecule has 2 unspecified atom stereocenters. The third-order valence-corrected chi connectivity index (χ3v) is 3.53. The number of hydrogen-bond acceptors (Lipinski definition) is 3. The van der Waals surface area contributed by atoms with Crippen molar-refractivity contribution in [1.82, 2.24) is 4.90 Å². The maximum atomic E-state index is 12.3. The Kier molecular flexibility index (Phi) is 4.95. The van der Waals surface area contributed by atoms with Crippen LogP contribution in [0.2, 0.25) is 0 Å². The molecule has 0 aromatic carbocycles. The Morgan fingerprint density at radius 1 is 1.41 bits per heavy atom. The first kappa shape index (κ1) is 14.5. The summed E-state index contributed by atoms with van der Waals surface area (Å²) in [6.45, 7) is 4.41. The van der Waals surface area contributed by atoms with Crippen LogP contribution in [0.1, 0.15) is 39.5 Å². The van der Waals surface area contributed by atoms with Crippen molar-refractivity contribution in [2.24, 2.45) is 17.6 Å². The van der Waals surface area contributed by atoms with E-state index >= 15 is 0 Å². The molecule has 4 heteroatoms. The highest BCUT2D eigenvalue weighted by Crippen LogP contribution is 2.30. The van der Waals surface area contributed by atoms with Gasteiger partial charge in [0, 0.05) is 19.5 Å². The summed E-state index contributed by atoms with van der Waals surface area (Å²) in [4.78, 5) is 14.0. The van der Waals surface area contributed by atoms with Crippen LogP contribution in [0.4, 0.5) is 0 Å². The quantitative estimate of drug-likeness (QED) is 0.772. The van der Waals surface area contributed by atoms with Gasteiger partial charge in [-0.1, -0.05) is 12.8 Å². The molecule has 1 rings (SSSR count). The van der Waals surface area contributed by atoms with Crippen LogP contribution >= 0.6 is 0 Å². The van der Waals surface area contributed by atoms with E-state index in [-0.39, 0.29) is 11.8 Å². The molecular weight excluding hydrogens is 216 g/mol. The zero-order chi connectivity index (χ0) is 13.1. The molecule has 1 amide bonds. The standard InChI is InChI=1S/C13H26N2O2/c1-13(2,17)9-15(3)12(16)11-7-5-4-6-10(11)8-14/h10-11,17H,4-9,14H2,1-3H3. The predicted octanol–water partition coefficient (Wildman–Crippen LogP) is 0.981. The molecular formula is C13H26N2O2. The van der Waals surface area contributed by atoms with Crippen LogP contribution in [-0.2, 0) is 4.79 Å². The number of rotatable bonds is 4. The summed E-state index contributed by atoms with van der Waals surface area (Å²) in [5.41, 5.74) is 4.90. The average Bonchev–Trinajstić information content (AvgIpc) is 2.25. The minimum absolute atomic E-state index is 0.0566. The molecule has 0 aromatic rings. The molecule has 4 nitrogen and oxygen atoms in total. The predicted molar refractivity (Wildman–Crippen MR) is 68.4 cm³/mol. The highest BCUT2D eigenvalue weighted by atomic mass is 16.3. The van der Waals surface area contributed by atoms with Crippen LogP contribution in [0.25, 0.3) is 0 Å². The van der Waals surface area contributed by atoms with Crippen LogP contribution in [0, 0.1) is 11.8 Å². The molecule has 0 heterocycles. The van der Waals surface area contributed by atoms with E-state index in [4.69, 9.17) is 5.73 Å². The Bertz CT molecular complexity index is 261. The Hall–Kier alpha value is -0.610. The molecule has 2 atom stereocenters. The summed E-state index contributed by atoms with van der Waals surface area (Å²) in [5, 5.41) is 9.74. The lowest BCUT2D eigenvalue weighted by Gasteiger charge is -2.34. The molecule has 0 saturated heterocycles. The van der Waals surface area contributed by atoms with E-state index < -0.39 is 5.60 Å². The minimum Gasteiger partial charge on any atom is -0.389 e. The number of carbonyl (C=O) groups excluding carboxylic acids is 1. The van der Waals surface area contributed by atoms with Gasteiger partial charge in [0.25, 0.3) is 0 Å². The Balaban J connectivity index is 2.60. The molecule has 0 aliphatic heterocycles. The SMILES string of the molecule is CN(CC(C)(C)O)C(=O)C1CCCCC1CN. The summed E-state index contributed by atoms with van der Waals surface area (Å²) in [6.07, 6.45) is 4.30. The Morgan fingerprint density at radius 3 is 2.53 bits per heavy atom. The third-order valence-electron chi connectivity index (χ3n) is 3.53. The van der Waals surface area contributed by atoms with Crippen molar-refractivity contribution in [2.45, 2.75) is 45.1 Å². The van der Waals surface area contributed by atoms with E-state index in [1.807, 2.05) is 0 Å². The van der Waals surface area contributed by atoms with E-state index in [1.54, 1.807) is 25.8 Å². The highest BCUT2D eigenvalue weighted by Gasteiger charge is 2.33. The summed E-state index contributed by atoms with van der Waals surface area (Å²) in [6, 6.07) is 0. The Labute approximate surface area is 104 Å². The number of likely N-dealkylation sites (N-methyl/N-ethyl adjacent to an activating group) is 1. The number of carbonyl (C=O) groups is 1. The summed E-state index contributed by atoms with van der Waals surface area (Å²) in [7, 11) is 1.77. The first-order chi connectivity index (χ1) is 7.85. The maximum Gasteiger partial charge on any atom is 0.225 e. The van der Waals surface area contributed by atoms with Gasteiger partial charge in [-0.05, 0) is 39.2 Å². The molecule has 1 aliphatic carbocycles. The first-order valence-electron chi connectivity index (χ1n) is 6.52. The fourth-order valence-electron chi connectivity index (χ4n) is 2.76. The van der Waals surface area contributed by atoms with Gasteiger partial charge in [0.05, 0.1) is 5.60 Å². The van der Waals surface area contributed by atoms with Gasteiger partial charge >= 0.3 is 0 Å². The van der Waals surface area contributed by atoms with Gasteiger partial charge in [-0.2, -0.15) is 0 Å². The fraction of sp³-hybridized carbons (Fsp3) is 0.923. The topological polar surface area (TPSA) is 66.6 Å². The average molecular weight is 242 g/mol. The number of hydrogen-bond donors (Lipinski definition) is 2.